The summed E-state index contributed by atoms with van der Waals surface area (Å²) in [5, 5.41) is 39.8. The number of nitrogens with one attached hydrogen (secondary N) is 5. The molecule has 5 aromatic rings. The van der Waals surface area contributed by atoms with E-state index in [-0.39, 0.29) is 98.3 Å². The fourth-order valence-electron chi connectivity index (χ4n) is 9.84. The number of likely N-dealkylation sites (N-methyl/N-ethyl adjacent to an activating group) is 1. The molecule has 3 heterocycles. The summed E-state index contributed by atoms with van der Waals surface area (Å²) in [5.74, 6) is -3.56. The molecule has 5 atom stereocenters. The fourth-order valence-corrected chi connectivity index (χ4v) is 10.6. The number of aliphatic hydroxyl groups excluding tert-OH is 1. The highest BCUT2D eigenvalue weighted by molar-refractivity contribution is 7.13. The number of aliphatic hydroxyl groups is 1. The van der Waals surface area contributed by atoms with Crippen molar-refractivity contribution in [1.29, 1.82) is 0 Å². The van der Waals surface area contributed by atoms with Gasteiger partial charge < -0.3 is 51.1 Å². The zero-order valence-electron chi connectivity index (χ0n) is 44.5. The second kappa shape index (κ2) is 24.4. The summed E-state index contributed by atoms with van der Waals surface area (Å²) in [7, 11) is 1.56. The van der Waals surface area contributed by atoms with Crippen molar-refractivity contribution in [2.24, 2.45) is 5.41 Å². The summed E-state index contributed by atoms with van der Waals surface area (Å²) in [6, 6.07) is 18.0. The van der Waals surface area contributed by atoms with Gasteiger partial charge in [-0.05, 0) is 85.3 Å². The van der Waals surface area contributed by atoms with Crippen LogP contribution in [0.3, 0.4) is 0 Å². The number of benzene rings is 3. The molecule has 1 saturated carbocycles. The predicted octanol–water partition coefficient (Wildman–Crippen LogP) is 6.00. The van der Waals surface area contributed by atoms with E-state index in [4.69, 9.17) is 4.52 Å². The number of aromatic nitrogens is 2. The van der Waals surface area contributed by atoms with Crippen LogP contribution in [0.1, 0.15) is 134 Å². The van der Waals surface area contributed by atoms with E-state index in [0.29, 0.717) is 36.9 Å². The van der Waals surface area contributed by atoms with Crippen LogP contribution in [0, 0.1) is 12.3 Å². The number of nitrogens with zero attached hydrogens (tertiary/aromatic N) is 4. The number of aryl methyl sites for hydroxylation is 2. The number of carbonyl (C=O) groups excluding carboxylic acids is 7. The van der Waals surface area contributed by atoms with Crippen LogP contribution in [0.5, 0.6) is 5.75 Å². The van der Waals surface area contributed by atoms with Crippen LogP contribution in [0.25, 0.3) is 21.8 Å². The molecule has 2 aromatic heterocycles. The van der Waals surface area contributed by atoms with Gasteiger partial charge in [0.2, 0.25) is 23.6 Å². The first-order valence-electron chi connectivity index (χ1n) is 26.5. The van der Waals surface area contributed by atoms with Gasteiger partial charge in [0.15, 0.2) is 17.1 Å². The Balaban J connectivity index is 0.773. The van der Waals surface area contributed by atoms with Crippen molar-refractivity contribution in [2.45, 2.75) is 128 Å². The zero-order chi connectivity index (χ0) is 55.9. The van der Waals surface area contributed by atoms with Crippen LogP contribution < -0.4 is 26.6 Å². The van der Waals surface area contributed by atoms with E-state index >= 15 is 0 Å². The highest BCUT2D eigenvalue weighted by Gasteiger charge is 2.53. The number of unbranched alkanes of at least 4 members (excludes halogenated alkanes) is 2. The van der Waals surface area contributed by atoms with Gasteiger partial charge in [0, 0.05) is 57.7 Å². The second-order valence-corrected chi connectivity index (χ2v) is 22.5. The van der Waals surface area contributed by atoms with Gasteiger partial charge >= 0.3 is 0 Å². The fraction of sp³-hybridized carbons (Fsp3) is 0.456. The molecule has 7 N–H and O–H groups in total. The lowest BCUT2D eigenvalue weighted by Gasteiger charge is -2.36. The molecule has 7 amide bonds. The number of hydrogen-bond donors (Lipinski definition) is 7. The van der Waals surface area contributed by atoms with Gasteiger partial charge in [-0.1, -0.05) is 86.9 Å². The highest BCUT2D eigenvalue weighted by atomic mass is 32.1. The van der Waals surface area contributed by atoms with Gasteiger partial charge in [-0.15, -0.1) is 11.3 Å². The van der Waals surface area contributed by atoms with Crippen LogP contribution in [0.15, 0.2) is 82.8 Å². The number of halogens is 1. The van der Waals surface area contributed by atoms with Crippen molar-refractivity contribution < 1.29 is 52.7 Å². The third-order valence-electron chi connectivity index (χ3n) is 14.6. The molecule has 1 aliphatic heterocycles. The zero-order valence-corrected chi connectivity index (χ0v) is 45.3. The molecule has 414 valence electrons. The van der Waals surface area contributed by atoms with E-state index in [1.54, 1.807) is 39.4 Å². The molecule has 1 saturated heterocycles. The van der Waals surface area contributed by atoms with E-state index in [9.17, 15) is 48.2 Å². The Morgan fingerprint density at radius 1 is 0.923 bits per heavy atom. The number of rotatable bonds is 22. The Morgan fingerprint density at radius 2 is 1.65 bits per heavy atom. The molecule has 0 radical (unpaired) electrons. The van der Waals surface area contributed by atoms with Crippen molar-refractivity contribution in [2.75, 3.05) is 33.2 Å². The Labute approximate surface area is 456 Å². The Hall–Kier alpha value is -7.52. The number of phenolic OH excluding ortho intramolecular Hbond substituents is 1. The first-order valence-corrected chi connectivity index (χ1v) is 27.3. The molecule has 21 heteroatoms. The molecule has 78 heavy (non-hydrogen) atoms. The molecule has 2 aliphatic carbocycles. The minimum absolute atomic E-state index is 0.0420. The lowest BCUT2D eigenvalue weighted by atomic mass is 9.85. The van der Waals surface area contributed by atoms with Crippen LogP contribution >= 0.6 is 11.3 Å². The maximum Gasteiger partial charge on any atom is 0.273 e. The number of hydrogen-bond acceptors (Lipinski definition) is 13. The molecule has 0 bridgehead atoms. The SMILES string of the molecule is Cc1ncsc1-c1ccc([C@H](CC(=O)NCCCCCC(=O)NCCN(C)C(=O)c2ccc(-c3cc(C(=O)N[C@@H]4CCc5ccccc54)no3)cc2O)NC(=O)[C@@H]2C[C@@H](O)CN2C(=O)[C@@H](NC(=O)C2(F)CC2)C(C)(C)C)cc1. The first-order chi connectivity index (χ1) is 37.2. The number of fused-ring (bicyclic) bond motifs is 1. The van der Waals surface area contributed by atoms with Gasteiger partial charge in [-0.25, -0.2) is 9.37 Å². The molecule has 19 nitrogen and oxygen atoms in total. The summed E-state index contributed by atoms with van der Waals surface area (Å²) < 4.78 is 20.2. The van der Waals surface area contributed by atoms with E-state index in [1.165, 1.54) is 44.9 Å². The molecule has 8 rings (SSSR count). The largest absolute Gasteiger partial charge is 0.507 e. The topological polar surface area (TPSA) is 265 Å². The van der Waals surface area contributed by atoms with E-state index in [2.05, 4.69) is 42.8 Å². The predicted molar refractivity (Wildman–Crippen MR) is 288 cm³/mol. The van der Waals surface area contributed by atoms with Crippen molar-refractivity contribution in [3.63, 3.8) is 0 Å². The Kier molecular flexibility index (Phi) is 17.8. The minimum Gasteiger partial charge on any atom is -0.507 e. The number of likely N-dealkylation sites (tertiary alicyclic amines) is 1. The molecular weight excluding hydrogens is 1020 g/mol. The smallest absolute Gasteiger partial charge is 0.273 e. The first kappa shape index (κ1) is 56.7. The standard InChI is InChI=1S/C57H68FN9O10S/c1-33-49(78-32-61-33)36-16-14-35(15-17-36)42(63-52(73)44-28-38(68)31-67(44)54(75)50(56(2,3)4)64-55(76)57(58)22-23-57)30-48(71)59-24-10-6-7-13-47(70)60-25-26-66(5)53(74)40-20-18-37(27-45(40)69)46-29-43(65-77-46)51(72)62-41-21-19-34-11-8-9-12-39(34)41/h8-9,11-12,14-18,20,27,29,32,38,41-42,44,50,68-69H,6-7,10,13,19,21-26,28,30-31H2,1-5H3,(H,59,71)(H,60,70)(H,62,72)(H,63,73)(H,64,76)/t38-,41-,42+,44+,50-/m1/s1. The lowest BCUT2D eigenvalue weighted by molar-refractivity contribution is -0.145. The minimum atomic E-state index is -2.03. The van der Waals surface area contributed by atoms with E-state index < -0.39 is 58.9 Å². The number of thiazole rings is 1. The summed E-state index contributed by atoms with van der Waals surface area (Å²) >= 11 is 1.49. The van der Waals surface area contributed by atoms with Gasteiger partial charge in [0.25, 0.3) is 17.7 Å². The number of aromatic hydroxyl groups is 1. The number of β-amino-alcohol motifs (C(OH)–C–C–N with tert-alkyl or cyclic N) is 1. The summed E-state index contributed by atoms with van der Waals surface area (Å²) in [5.41, 5.74) is 4.10. The van der Waals surface area contributed by atoms with Crippen molar-refractivity contribution in [3.05, 3.63) is 112 Å². The average molecular weight is 1090 g/mol. The van der Waals surface area contributed by atoms with Crippen LogP contribution in [-0.2, 0) is 30.4 Å². The molecule has 2 fully saturated rings. The maximum absolute atomic E-state index is 14.7. The Morgan fingerprint density at radius 3 is 2.36 bits per heavy atom. The van der Waals surface area contributed by atoms with E-state index in [1.807, 2.05) is 49.4 Å². The number of phenols is 1. The monoisotopic (exact) mass is 1090 g/mol. The van der Waals surface area contributed by atoms with Crippen molar-refractivity contribution in [3.8, 4) is 27.5 Å². The van der Waals surface area contributed by atoms with Crippen molar-refractivity contribution >= 4 is 52.7 Å². The summed E-state index contributed by atoms with van der Waals surface area (Å²) in [6.07, 6.45) is 2.45. The van der Waals surface area contributed by atoms with Crippen LogP contribution in [0.4, 0.5) is 4.39 Å². The second-order valence-electron chi connectivity index (χ2n) is 21.6. The molecular formula is C57H68FN9O10S. The third kappa shape index (κ3) is 13.8. The normalized spacial score (nSPS) is 18.0. The highest BCUT2D eigenvalue weighted by Crippen LogP contribution is 2.41. The quantitative estimate of drug-likeness (QED) is 0.0394. The molecule has 0 unspecified atom stereocenters. The molecule has 3 aliphatic rings. The van der Waals surface area contributed by atoms with Gasteiger partial charge in [-0.3, -0.25) is 33.6 Å². The van der Waals surface area contributed by atoms with Gasteiger partial charge in [0.05, 0.1) is 46.3 Å². The molecule has 3 aromatic carbocycles. The lowest BCUT2D eigenvalue weighted by Crippen LogP contribution is -2.59. The Bertz CT molecular complexity index is 3020. The summed E-state index contributed by atoms with van der Waals surface area (Å²) in [6.45, 7) is 7.54. The molecule has 0 spiro atoms. The van der Waals surface area contributed by atoms with Gasteiger partial charge in [0.1, 0.15) is 17.8 Å². The number of amides is 7. The number of carbonyl (C=O) groups is 7. The number of alkyl halides is 1. The van der Waals surface area contributed by atoms with Crippen LogP contribution in [-0.4, -0.2) is 129 Å². The average Bonchev–Trinajstić information content (AvgIpc) is 3.97. The third-order valence-corrected chi connectivity index (χ3v) is 15.6. The van der Waals surface area contributed by atoms with E-state index in [0.717, 1.165) is 34.5 Å². The van der Waals surface area contributed by atoms with Crippen LogP contribution in [0.2, 0.25) is 0 Å². The van der Waals surface area contributed by atoms with Gasteiger partial charge in [-0.2, -0.15) is 0 Å². The summed E-state index contributed by atoms with van der Waals surface area (Å²) in [4.78, 5) is 101. The maximum atomic E-state index is 14.7. The van der Waals surface area contributed by atoms with Crippen molar-refractivity contribution in [1.82, 2.24) is 46.5 Å².